The van der Waals surface area contributed by atoms with E-state index in [0.29, 0.717) is 10.9 Å². The van der Waals surface area contributed by atoms with Crippen molar-refractivity contribution in [2.45, 2.75) is 12.5 Å². The van der Waals surface area contributed by atoms with Crippen LogP contribution < -0.4 is 5.32 Å². The van der Waals surface area contributed by atoms with Crippen LogP contribution in [0.1, 0.15) is 18.0 Å². The predicted molar refractivity (Wildman–Crippen MR) is 105 cm³/mol. The standard InChI is InChI=1S/C18H15N5O3S/c24-17(20-12-4-3-5-13(10-12)23(25)26)11-27-18-21-15-7-2-1-6-14(15)16-8-9-19-22(16)18/h1-7,9-10,16H,8,11H2,(H,20,24). The number of non-ortho nitro benzene ring substituents is 1. The van der Waals surface area contributed by atoms with Crippen LogP contribution in [0.5, 0.6) is 0 Å². The number of benzene rings is 2. The van der Waals surface area contributed by atoms with Gasteiger partial charge in [0.25, 0.3) is 5.69 Å². The smallest absolute Gasteiger partial charge is 0.271 e. The van der Waals surface area contributed by atoms with Crippen molar-refractivity contribution in [3.63, 3.8) is 0 Å². The molecule has 0 aliphatic carbocycles. The van der Waals surface area contributed by atoms with Gasteiger partial charge in [0.15, 0.2) is 5.17 Å². The number of amides is 1. The van der Waals surface area contributed by atoms with Gasteiger partial charge in [-0.1, -0.05) is 36.0 Å². The first-order valence-electron chi connectivity index (χ1n) is 8.28. The van der Waals surface area contributed by atoms with E-state index in [1.807, 2.05) is 35.5 Å². The number of nitrogens with one attached hydrogen (secondary N) is 1. The van der Waals surface area contributed by atoms with Crippen LogP contribution in [0.15, 0.2) is 58.6 Å². The van der Waals surface area contributed by atoms with Crippen LogP contribution in [0.2, 0.25) is 0 Å². The SMILES string of the molecule is O=C(CSC1=Nc2ccccc2C2CC=NN12)Nc1cccc([N+](=O)[O-])c1. The molecular weight excluding hydrogens is 366 g/mol. The summed E-state index contributed by atoms with van der Waals surface area (Å²) >= 11 is 1.29. The Morgan fingerprint density at radius 2 is 2.15 bits per heavy atom. The van der Waals surface area contributed by atoms with Crippen LogP contribution in [0.25, 0.3) is 0 Å². The van der Waals surface area contributed by atoms with Crippen molar-refractivity contribution in [3.8, 4) is 0 Å². The van der Waals surface area contributed by atoms with Crippen molar-refractivity contribution in [2.24, 2.45) is 10.1 Å². The summed E-state index contributed by atoms with van der Waals surface area (Å²) in [5.41, 5.74) is 2.34. The Labute approximate surface area is 159 Å². The monoisotopic (exact) mass is 381 g/mol. The lowest BCUT2D eigenvalue weighted by Gasteiger charge is -2.29. The van der Waals surface area contributed by atoms with Crippen molar-refractivity contribution < 1.29 is 9.72 Å². The molecule has 136 valence electrons. The van der Waals surface area contributed by atoms with Crippen molar-refractivity contribution in [1.29, 1.82) is 0 Å². The van der Waals surface area contributed by atoms with Gasteiger partial charge in [0.1, 0.15) is 0 Å². The Morgan fingerprint density at radius 3 is 3.00 bits per heavy atom. The number of para-hydroxylation sites is 1. The van der Waals surface area contributed by atoms with E-state index >= 15 is 0 Å². The van der Waals surface area contributed by atoms with Crippen LogP contribution in [0.3, 0.4) is 0 Å². The number of aliphatic imine (C=N–C) groups is 1. The van der Waals surface area contributed by atoms with Crippen LogP contribution in [0.4, 0.5) is 17.1 Å². The van der Waals surface area contributed by atoms with Gasteiger partial charge in [-0.3, -0.25) is 14.9 Å². The van der Waals surface area contributed by atoms with E-state index in [0.717, 1.165) is 17.7 Å². The summed E-state index contributed by atoms with van der Waals surface area (Å²) in [6.07, 6.45) is 2.66. The summed E-state index contributed by atoms with van der Waals surface area (Å²) in [5.74, 6) is -0.135. The second-order valence-electron chi connectivity index (χ2n) is 5.99. The maximum absolute atomic E-state index is 12.3. The van der Waals surface area contributed by atoms with Crippen molar-refractivity contribution in [2.75, 3.05) is 11.1 Å². The lowest BCUT2D eigenvalue weighted by atomic mass is 10.0. The molecule has 9 heteroatoms. The van der Waals surface area contributed by atoms with Gasteiger partial charge in [0, 0.05) is 36.0 Å². The van der Waals surface area contributed by atoms with Gasteiger partial charge in [-0.2, -0.15) is 5.10 Å². The number of amidine groups is 1. The quantitative estimate of drug-likeness (QED) is 0.643. The summed E-state index contributed by atoms with van der Waals surface area (Å²) < 4.78 is 0. The fourth-order valence-corrected chi connectivity index (χ4v) is 3.81. The molecule has 1 N–H and O–H groups in total. The number of thioether (sulfide) groups is 1. The zero-order chi connectivity index (χ0) is 18.8. The summed E-state index contributed by atoms with van der Waals surface area (Å²) in [6, 6.07) is 13.9. The van der Waals surface area contributed by atoms with Crippen LogP contribution in [-0.4, -0.2) is 33.0 Å². The average molecular weight is 381 g/mol. The molecule has 1 unspecified atom stereocenters. The van der Waals surface area contributed by atoms with E-state index in [2.05, 4.69) is 15.4 Å². The number of carbonyl (C=O) groups excluding carboxylic acids is 1. The molecule has 2 heterocycles. The molecule has 27 heavy (non-hydrogen) atoms. The molecule has 1 amide bonds. The van der Waals surface area contributed by atoms with E-state index in [-0.39, 0.29) is 23.4 Å². The molecule has 2 aliphatic heterocycles. The van der Waals surface area contributed by atoms with E-state index in [1.54, 1.807) is 6.07 Å². The fourth-order valence-electron chi connectivity index (χ4n) is 3.00. The zero-order valence-corrected chi connectivity index (χ0v) is 14.9. The Morgan fingerprint density at radius 1 is 1.30 bits per heavy atom. The normalized spacial score (nSPS) is 17.1. The highest BCUT2D eigenvalue weighted by Crippen LogP contribution is 2.40. The second kappa shape index (κ2) is 7.20. The minimum absolute atomic E-state index is 0.0667. The first-order valence-corrected chi connectivity index (χ1v) is 9.27. The van der Waals surface area contributed by atoms with E-state index in [1.165, 1.54) is 30.0 Å². The zero-order valence-electron chi connectivity index (χ0n) is 14.1. The molecule has 2 aromatic rings. The highest BCUT2D eigenvalue weighted by atomic mass is 32.2. The van der Waals surface area contributed by atoms with Gasteiger partial charge < -0.3 is 5.32 Å². The van der Waals surface area contributed by atoms with E-state index in [9.17, 15) is 14.9 Å². The number of hydrogen-bond donors (Lipinski definition) is 1. The molecule has 0 spiro atoms. The Kier molecular flexibility index (Phi) is 4.59. The minimum Gasteiger partial charge on any atom is -0.325 e. The molecule has 0 aromatic heterocycles. The Balaban J connectivity index is 1.44. The first-order chi connectivity index (χ1) is 13.1. The number of hydrazone groups is 1. The lowest BCUT2D eigenvalue weighted by Crippen LogP contribution is -2.29. The number of rotatable bonds is 4. The minimum atomic E-state index is -0.496. The maximum atomic E-state index is 12.3. The van der Waals surface area contributed by atoms with Gasteiger partial charge in [0.05, 0.1) is 22.4 Å². The highest BCUT2D eigenvalue weighted by molar-refractivity contribution is 8.14. The van der Waals surface area contributed by atoms with Gasteiger partial charge in [-0.15, -0.1) is 0 Å². The molecule has 0 radical (unpaired) electrons. The number of nitro benzene ring substituents is 1. The van der Waals surface area contributed by atoms with Crippen molar-refractivity contribution in [1.82, 2.24) is 5.01 Å². The summed E-state index contributed by atoms with van der Waals surface area (Å²) in [5, 5.41) is 20.4. The van der Waals surface area contributed by atoms with Crippen LogP contribution in [-0.2, 0) is 4.79 Å². The number of anilines is 1. The van der Waals surface area contributed by atoms with Gasteiger partial charge in [0.2, 0.25) is 5.91 Å². The van der Waals surface area contributed by atoms with E-state index in [4.69, 9.17) is 0 Å². The topological polar surface area (TPSA) is 100 Å². The summed E-state index contributed by atoms with van der Waals surface area (Å²) in [7, 11) is 0. The number of nitrogens with zero attached hydrogens (tertiary/aromatic N) is 4. The number of nitro groups is 1. The fraction of sp³-hybridized carbons (Fsp3) is 0.167. The third-order valence-corrected chi connectivity index (χ3v) is 5.15. The second-order valence-corrected chi connectivity index (χ2v) is 6.93. The Bertz CT molecular complexity index is 975. The molecule has 0 saturated carbocycles. The molecule has 0 bridgehead atoms. The largest absolute Gasteiger partial charge is 0.325 e. The molecule has 0 fully saturated rings. The molecule has 0 saturated heterocycles. The molecule has 8 nitrogen and oxygen atoms in total. The van der Waals surface area contributed by atoms with Crippen LogP contribution in [0, 0.1) is 10.1 Å². The van der Waals surface area contributed by atoms with E-state index < -0.39 is 4.92 Å². The third-order valence-electron chi connectivity index (χ3n) is 4.21. The number of fused-ring (bicyclic) bond motifs is 3. The summed E-state index contributed by atoms with van der Waals surface area (Å²) in [6.45, 7) is 0. The van der Waals surface area contributed by atoms with Gasteiger partial charge >= 0.3 is 0 Å². The predicted octanol–water partition coefficient (Wildman–Crippen LogP) is 3.70. The molecule has 2 aliphatic rings. The van der Waals surface area contributed by atoms with Crippen molar-refractivity contribution >= 4 is 46.1 Å². The molecular formula is C18H15N5O3S. The Hall–Kier alpha value is -3.20. The van der Waals surface area contributed by atoms with Gasteiger partial charge in [-0.25, -0.2) is 10.0 Å². The van der Waals surface area contributed by atoms with Crippen LogP contribution >= 0.6 is 11.8 Å². The lowest BCUT2D eigenvalue weighted by molar-refractivity contribution is -0.384. The molecule has 2 aromatic carbocycles. The maximum Gasteiger partial charge on any atom is 0.271 e. The molecule has 1 atom stereocenters. The average Bonchev–Trinajstić information content (AvgIpc) is 3.16. The van der Waals surface area contributed by atoms with Gasteiger partial charge in [-0.05, 0) is 12.1 Å². The summed E-state index contributed by atoms with van der Waals surface area (Å²) in [4.78, 5) is 27.2. The highest BCUT2D eigenvalue weighted by Gasteiger charge is 2.32. The van der Waals surface area contributed by atoms with Crippen molar-refractivity contribution in [3.05, 3.63) is 64.2 Å². The third kappa shape index (κ3) is 3.54. The number of hydrogen-bond acceptors (Lipinski definition) is 7. The number of carbonyl (C=O) groups is 1. The first kappa shape index (κ1) is 17.2. The molecule has 4 rings (SSSR count).